The quantitative estimate of drug-likeness (QED) is 0.401. The van der Waals surface area contributed by atoms with E-state index in [1.807, 2.05) is 0 Å². The fraction of sp³-hybridized carbons (Fsp3) is 0.333. The molecule has 0 aliphatic heterocycles. The third kappa shape index (κ3) is 1.31. The van der Waals surface area contributed by atoms with Gasteiger partial charge in [0.15, 0.2) is 5.15 Å². The molecule has 0 unspecified atom stereocenters. The van der Waals surface area contributed by atoms with Crippen LogP contribution in [0, 0.1) is 15.5 Å². The summed E-state index contributed by atoms with van der Waals surface area (Å²) in [7, 11) is 2.64. The molecule has 1 aromatic heterocycles. The van der Waals surface area contributed by atoms with Gasteiger partial charge < -0.3 is 0 Å². The number of rotatable bonds is 1. The number of aromatic nitrogens is 2. The topological polar surface area (TPSA) is 93.9 Å². The normalized spacial score (nSPS) is 10.2. The Kier molecular flexibility index (Phi) is 2.43. The highest BCUT2D eigenvalue weighted by Crippen LogP contribution is 2.15. The van der Waals surface area contributed by atoms with Crippen molar-refractivity contribution in [1.29, 1.82) is 5.41 Å². The summed E-state index contributed by atoms with van der Waals surface area (Å²) in [6.45, 7) is 0. The molecule has 7 nitrogen and oxygen atoms in total. The number of nitrogens with zero attached hydrogens (tertiary/aromatic N) is 3. The Labute approximate surface area is 82.8 Å². The molecule has 1 rings (SSSR count). The fourth-order valence-corrected chi connectivity index (χ4v) is 1.20. The SMILES string of the molecule is Cn1c(Cl)c([N+](=O)[O-])c(=O)n(C)c1=N. The Morgan fingerprint density at radius 3 is 2.36 bits per heavy atom. The molecule has 0 saturated carbocycles. The molecule has 0 amide bonds. The summed E-state index contributed by atoms with van der Waals surface area (Å²) in [5, 5.41) is 17.5. The van der Waals surface area contributed by atoms with Gasteiger partial charge in [-0.2, -0.15) is 0 Å². The number of hydrogen-bond acceptors (Lipinski definition) is 4. The Balaban J connectivity index is 3.88. The summed E-state index contributed by atoms with van der Waals surface area (Å²) >= 11 is 5.56. The van der Waals surface area contributed by atoms with Crippen LogP contribution < -0.4 is 11.2 Å². The average Bonchev–Trinajstić information content (AvgIpc) is 2.11. The van der Waals surface area contributed by atoms with Crippen LogP contribution in [0.4, 0.5) is 5.69 Å². The molecule has 0 saturated heterocycles. The van der Waals surface area contributed by atoms with Crippen LogP contribution in [0.3, 0.4) is 0 Å². The molecular weight excluding hydrogens is 212 g/mol. The second kappa shape index (κ2) is 3.26. The third-order valence-electron chi connectivity index (χ3n) is 1.82. The summed E-state index contributed by atoms with van der Waals surface area (Å²) in [5.41, 5.74) is -1.80. The predicted molar refractivity (Wildman–Crippen MR) is 48.2 cm³/mol. The molecule has 8 heteroatoms. The Morgan fingerprint density at radius 1 is 1.43 bits per heavy atom. The smallest absolute Gasteiger partial charge is 0.300 e. The molecule has 14 heavy (non-hydrogen) atoms. The first kappa shape index (κ1) is 10.5. The second-order valence-electron chi connectivity index (χ2n) is 2.64. The average molecular weight is 219 g/mol. The first-order valence-electron chi connectivity index (χ1n) is 3.52. The van der Waals surface area contributed by atoms with Crippen LogP contribution in [0.2, 0.25) is 5.15 Å². The summed E-state index contributed by atoms with van der Waals surface area (Å²) in [6, 6.07) is 0. The maximum absolute atomic E-state index is 11.3. The van der Waals surface area contributed by atoms with Crippen molar-refractivity contribution in [2.24, 2.45) is 14.1 Å². The van der Waals surface area contributed by atoms with Crippen molar-refractivity contribution < 1.29 is 4.92 Å². The van der Waals surface area contributed by atoms with Gasteiger partial charge in [0.1, 0.15) is 0 Å². The monoisotopic (exact) mass is 218 g/mol. The molecule has 0 fully saturated rings. The van der Waals surface area contributed by atoms with Crippen LogP contribution in [0.5, 0.6) is 0 Å². The van der Waals surface area contributed by atoms with Crippen molar-refractivity contribution in [3.05, 3.63) is 31.2 Å². The van der Waals surface area contributed by atoms with Crippen molar-refractivity contribution in [2.75, 3.05) is 0 Å². The van der Waals surface area contributed by atoms with Crippen LogP contribution in [-0.4, -0.2) is 14.1 Å². The molecule has 1 N–H and O–H groups in total. The highest BCUT2D eigenvalue weighted by atomic mass is 35.5. The van der Waals surface area contributed by atoms with E-state index in [9.17, 15) is 14.9 Å². The van der Waals surface area contributed by atoms with E-state index < -0.39 is 16.2 Å². The summed E-state index contributed by atoms with van der Waals surface area (Å²) < 4.78 is 1.91. The molecule has 0 aromatic carbocycles. The lowest BCUT2D eigenvalue weighted by Gasteiger charge is -2.05. The largest absolute Gasteiger partial charge is 0.369 e. The number of hydrogen-bond donors (Lipinski definition) is 1. The first-order chi connectivity index (χ1) is 6.37. The van der Waals surface area contributed by atoms with Crippen LogP contribution >= 0.6 is 11.6 Å². The highest BCUT2D eigenvalue weighted by molar-refractivity contribution is 6.31. The van der Waals surface area contributed by atoms with Crippen molar-refractivity contribution in [1.82, 2.24) is 9.13 Å². The van der Waals surface area contributed by atoms with Crippen molar-refractivity contribution in [3.63, 3.8) is 0 Å². The standard InChI is InChI=1S/C6H7ClN4O3/c1-9-4(7)3(11(13)14)5(12)10(2)6(9)8/h8H,1-2H3. The van der Waals surface area contributed by atoms with Gasteiger partial charge in [-0.15, -0.1) is 0 Å². The molecule has 0 atom stereocenters. The molecule has 0 aliphatic carbocycles. The van der Waals surface area contributed by atoms with Crippen molar-refractivity contribution in [3.8, 4) is 0 Å². The number of nitro groups is 1. The van der Waals surface area contributed by atoms with Gasteiger partial charge in [0.05, 0.1) is 4.92 Å². The van der Waals surface area contributed by atoms with Crippen LogP contribution in [-0.2, 0) is 14.1 Å². The van der Waals surface area contributed by atoms with Gasteiger partial charge in [0.2, 0.25) is 5.62 Å². The van der Waals surface area contributed by atoms with E-state index in [2.05, 4.69) is 0 Å². The van der Waals surface area contributed by atoms with Crippen molar-refractivity contribution in [2.45, 2.75) is 0 Å². The lowest BCUT2D eigenvalue weighted by molar-refractivity contribution is -0.386. The number of nitrogens with one attached hydrogen (secondary N) is 1. The predicted octanol–water partition coefficient (Wildman–Crippen LogP) is -0.235. The molecule has 1 aromatic rings. The first-order valence-corrected chi connectivity index (χ1v) is 3.90. The van der Waals surface area contributed by atoms with Crippen LogP contribution in [0.1, 0.15) is 0 Å². The minimum Gasteiger partial charge on any atom is -0.300 e. The van der Waals surface area contributed by atoms with Gasteiger partial charge in [-0.1, -0.05) is 11.6 Å². The van der Waals surface area contributed by atoms with Gasteiger partial charge >= 0.3 is 11.2 Å². The maximum Gasteiger partial charge on any atom is 0.369 e. The molecular formula is C6H7ClN4O3. The van der Waals surface area contributed by atoms with Gasteiger partial charge in [-0.3, -0.25) is 29.5 Å². The minimum atomic E-state index is -0.886. The van der Waals surface area contributed by atoms with E-state index >= 15 is 0 Å². The van der Waals surface area contributed by atoms with Crippen LogP contribution in [0.15, 0.2) is 4.79 Å². The van der Waals surface area contributed by atoms with Crippen molar-refractivity contribution >= 4 is 17.3 Å². The van der Waals surface area contributed by atoms with E-state index in [0.717, 1.165) is 9.13 Å². The molecule has 0 aliphatic rings. The lowest BCUT2D eigenvalue weighted by atomic mass is 10.5. The molecule has 0 spiro atoms. The Hall–Kier alpha value is -1.63. The van der Waals surface area contributed by atoms with Crippen LogP contribution in [0.25, 0.3) is 0 Å². The maximum atomic E-state index is 11.3. The van der Waals surface area contributed by atoms with E-state index in [1.165, 1.54) is 14.1 Å². The number of halogens is 1. The van der Waals surface area contributed by atoms with E-state index in [4.69, 9.17) is 17.0 Å². The zero-order valence-corrected chi connectivity index (χ0v) is 8.20. The summed E-state index contributed by atoms with van der Waals surface area (Å²) in [5.74, 6) is 0. The fourth-order valence-electron chi connectivity index (χ4n) is 0.974. The minimum absolute atomic E-state index is 0.203. The van der Waals surface area contributed by atoms with E-state index in [-0.39, 0.29) is 10.8 Å². The van der Waals surface area contributed by atoms with Gasteiger partial charge in [0, 0.05) is 14.1 Å². The Bertz CT molecular complexity index is 515. The lowest BCUT2D eigenvalue weighted by Crippen LogP contribution is -2.38. The van der Waals surface area contributed by atoms with Gasteiger partial charge in [0.25, 0.3) is 0 Å². The van der Waals surface area contributed by atoms with Gasteiger partial charge in [-0.05, 0) is 0 Å². The zero-order valence-electron chi connectivity index (χ0n) is 7.44. The molecule has 0 bridgehead atoms. The van der Waals surface area contributed by atoms with E-state index in [1.54, 1.807) is 0 Å². The van der Waals surface area contributed by atoms with E-state index in [0.29, 0.717) is 0 Å². The molecule has 76 valence electrons. The third-order valence-corrected chi connectivity index (χ3v) is 2.25. The molecule has 1 heterocycles. The van der Waals surface area contributed by atoms with Gasteiger partial charge in [-0.25, -0.2) is 0 Å². The summed E-state index contributed by atoms with van der Waals surface area (Å²) in [6.07, 6.45) is 0. The zero-order chi connectivity index (χ0) is 11.0. The second-order valence-corrected chi connectivity index (χ2v) is 3.00. The Morgan fingerprint density at radius 2 is 1.93 bits per heavy atom. The molecule has 0 radical (unpaired) electrons. The highest BCUT2D eigenvalue weighted by Gasteiger charge is 2.22. The summed E-state index contributed by atoms with van der Waals surface area (Å²) in [4.78, 5) is 20.9.